The maximum absolute atomic E-state index is 11.0. The number of aliphatic hydroxyl groups excluding tert-OH is 4. The molecule has 278 valence electrons. The predicted octanol–water partition coefficient (Wildman–Crippen LogP) is 6.35. The van der Waals surface area contributed by atoms with Crippen LogP contribution in [0.25, 0.3) is 0 Å². The lowest BCUT2D eigenvalue weighted by molar-refractivity contribution is -0.0299. The average molecular weight is 659 g/mol. The predicted molar refractivity (Wildman–Crippen MR) is 197 cm³/mol. The Morgan fingerprint density at radius 1 is 0.370 bits per heavy atom. The van der Waals surface area contributed by atoms with E-state index in [0.29, 0.717) is 26.2 Å². The topological polar surface area (TPSA) is 139 Å². The molecule has 4 unspecified atom stereocenters. The highest BCUT2D eigenvalue weighted by atomic mass is 16.3. The lowest BCUT2D eigenvalue weighted by Gasteiger charge is -2.32. The fourth-order valence-corrected chi connectivity index (χ4v) is 6.38. The van der Waals surface area contributed by atoms with Crippen LogP contribution in [-0.4, -0.2) is 107 Å². The molecule has 0 amide bonds. The number of hydrogen-bond acceptors (Lipinski definition) is 8. The van der Waals surface area contributed by atoms with E-state index in [4.69, 9.17) is 11.5 Å². The van der Waals surface area contributed by atoms with Crippen LogP contribution in [0.3, 0.4) is 0 Å². The van der Waals surface area contributed by atoms with E-state index in [2.05, 4.69) is 13.8 Å². The molecule has 0 fully saturated rings. The van der Waals surface area contributed by atoms with E-state index >= 15 is 0 Å². The molecule has 0 saturated carbocycles. The smallest absolute Gasteiger partial charge is 0.0938 e. The van der Waals surface area contributed by atoms with Crippen molar-refractivity contribution in [3.05, 3.63) is 0 Å². The summed E-state index contributed by atoms with van der Waals surface area (Å²) < 4.78 is 0. The lowest BCUT2D eigenvalue weighted by Crippen LogP contribution is -2.49. The molecule has 0 aromatic carbocycles. The third-order valence-corrected chi connectivity index (χ3v) is 9.47. The van der Waals surface area contributed by atoms with Gasteiger partial charge in [-0.05, 0) is 25.9 Å². The highest BCUT2D eigenvalue weighted by molar-refractivity contribution is 4.78. The fourth-order valence-electron chi connectivity index (χ4n) is 6.38. The molecule has 0 aliphatic rings. The van der Waals surface area contributed by atoms with E-state index in [1.165, 1.54) is 128 Å². The Hall–Kier alpha value is -0.320. The largest absolute Gasteiger partial charge is 0.390 e. The summed E-state index contributed by atoms with van der Waals surface area (Å²) in [6.45, 7) is 7.80. The van der Waals surface area contributed by atoms with Gasteiger partial charge in [0.1, 0.15) is 0 Å². The minimum atomic E-state index is -0.943. The minimum Gasteiger partial charge on any atom is -0.390 e. The number of nitrogens with two attached hydrogens (primary N) is 2. The van der Waals surface area contributed by atoms with Gasteiger partial charge in [0.15, 0.2) is 0 Å². The molecule has 0 spiro atoms. The van der Waals surface area contributed by atoms with Gasteiger partial charge in [-0.2, -0.15) is 0 Å². The molecule has 0 bridgehead atoms. The Kier molecular flexibility index (Phi) is 34.3. The first-order chi connectivity index (χ1) is 22.4. The van der Waals surface area contributed by atoms with E-state index in [0.717, 1.165) is 38.8 Å². The van der Waals surface area contributed by atoms with Gasteiger partial charge in [-0.3, -0.25) is 9.80 Å². The molecule has 0 heterocycles. The summed E-state index contributed by atoms with van der Waals surface area (Å²) in [7, 11) is 0. The van der Waals surface area contributed by atoms with Crippen LogP contribution in [0.1, 0.15) is 168 Å². The number of hydrogen-bond donors (Lipinski definition) is 6. The van der Waals surface area contributed by atoms with Gasteiger partial charge in [0.25, 0.3) is 0 Å². The van der Waals surface area contributed by atoms with Crippen molar-refractivity contribution < 1.29 is 20.4 Å². The molecule has 0 rings (SSSR count). The summed E-state index contributed by atoms with van der Waals surface area (Å²) in [5.74, 6) is 0. The third-order valence-electron chi connectivity index (χ3n) is 9.47. The van der Waals surface area contributed by atoms with E-state index in [-0.39, 0.29) is 13.1 Å². The molecule has 0 radical (unpaired) electrons. The molecule has 0 aromatic heterocycles. The van der Waals surface area contributed by atoms with Crippen LogP contribution in [0.15, 0.2) is 0 Å². The van der Waals surface area contributed by atoms with E-state index in [1.807, 2.05) is 9.80 Å². The van der Waals surface area contributed by atoms with Crippen LogP contribution >= 0.6 is 0 Å². The van der Waals surface area contributed by atoms with E-state index < -0.39 is 24.4 Å². The second-order valence-corrected chi connectivity index (χ2v) is 14.2. The normalized spacial score (nSPS) is 14.7. The summed E-state index contributed by atoms with van der Waals surface area (Å²) in [6, 6.07) is 0. The second-order valence-electron chi connectivity index (χ2n) is 14.2. The van der Waals surface area contributed by atoms with Gasteiger partial charge >= 0.3 is 0 Å². The maximum atomic E-state index is 11.0. The molecule has 8 heteroatoms. The highest BCUT2D eigenvalue weighted by Crippen LogP contribution is 2.14. The van der Waals surface area contributed by atoms with Gasteiger partial charge in [-0.25, -0.2) is 0 Å². The Morgan fingerprint density at radius 3 is 0.848 bits per heavy atom. The number of aliphatic hydroxyl groups is 4. The molecule has 8 N–H and O–H groups in total. The van der Waals surface area contributed by atoms with Crippen molar-refractivity contribution in [2.45, 2.75) is 192 Å². The monoisotopic (exact) mass is 659 g/mol. The quantitative estimate of drug-likeness (QED) is 0.0425. The summed E-state index contributed by atoms with van der Waals surface area (Å²) in [4.78, 5) is 4.10. The highest BCUT2D eigenvalue weighted by Gasteiger charge is 2.24. The van der Waals surface area contributed by atoms with Crippen molar-refractivity contribution in [2.24, 2.45) is 11.5 Å². The van der Waals surface area contributed by atoms with Crippen LogP contribution in [-0.2, 0) is 0 Å². The second kappa shape index (κ2) is 34.5. The van der Waals surface area contributed by atoms with Gasteiger partial charge in [-0.1, -0.05) is 155 Å². The van der Waals surface area contributed by atoms with Gasteiger partial charge in [0.2, 0.25) is 0 Å². The van der Waals surface area contributed by atoms with Gasteiger partial charge in [0, 0.05) is 39.3 Å². The SMILES string of the molecule is CCCCCCCCCCCCCCN(CC(O)CN)CC(O)C(O)CN(CCCCCCCCCCCCCC)CC(O)CN. The van der Waals surface area contributed by atoms with Gasteiger partial charge < -0.3 is 31.9 Å². The number of unbranched alkanes of at least 4 members (excludes halogenated alkanes) is 22. The summed E-state index contributed by atoms with van der Waals surface area (Å²) >= 11 is 0. The lowest BCUT2D eigenvalue weighted by atomic mass is 10.0. The molecule has 0 saturated heterocycles. The Labute approximate surface area is 286 Å². The molecule has 4 atom stereocenters. The van der Waals surface area contributed by atoms with Crippen LogP contribution in [0.4, 0.5) is 0 Å². The van der Waals surface area contributed by atoms with Crippen LogP contribution in [0, 0.1) is 0 Å². The summed E-state index contributed by atoms with van der Waals surface area (Å²) in [5.41, 5.74) is 11.4. The first-order valence-corrected chi connectivity index (χ1v) is 19.9. The minimum absolute atomic E-state index is 0.178. The zero-order chi connectivity index (χ0) is 34.1. The van der Waals surface area contributed by atoms with Gasteiger partial charge in [0.05, 0.1) is 24.4 Å². The summed E-state index contributed by atoms with van der Waals surface area (Å²) in [5, 5.41) is 42.4. The van der Waals surface area contributed by atoms with Crippen molar-refractivity contribution in [1.82, 2.24) is 9.80 Å². The van der Waals surface area contributed by atoms with E-state index in [1.54, 1.807) is 0 Å². The van der Waals surface area contributed by atoms with Crippen LogP contribution in [0.2, 0.25) is 0 Å². The molecule has 0 aliphatic heterocycles. The standard InChI is InChI=1S/C38H82N4O4/c1-3-5-7-9-11-13-15-17-19-21-23-25-27-41(31-35(43)29-39)33-37(45)38(46)34-42(32-36(44)30-40)28-26-24-22-20-18-16-14-12-10-8-6-4-2/h35-38,43-46H,3-34,39-40H2,1-2H3. The average Bonchev–Trinajstić information content (AvgIpc) is 3.05. The van der Waals surface area contributed by atoms with E-state index in [9.17, 15) is 20.4 Å². The Morgan fingerprint density at radius 2 is 0.609 bits per heavy atom. The van der Waals surface area contributed by atoms with Crippen molar-refractivity contribution >= 4 is 0 Å². The van der Waals surface area contributed by atoms with Crippen LogP contribution in [0.5, 0.6) is 0 Å². The molecular weight excluding hydrogens is 576 g/mol. The van der Waals surface area contributed by atoms with Gasteiger partial charge in [-0.15, -0.1) is 0 Å². The molecular formula is C38H82N4O4. The van der Waals surface area contributed by atoms with Crippen molar-refractivity contribution in [1.29, 1.82) is 0 Å². The van der Waals surface area contributed by atoms with Crippen molar-refractivity contribution in [2.75, 3.05) is 52.4 Å². The first kappa shape index (κ1) is 45.7. The number of rotatable bonds is 37. The third kappa shape index (κ3) is 29.8. The van der Waals surface area contributed by atoms with Crippen LogP contribution < -0.4 is 11.5 Å². The molecule has 8 nitrogen and oxygen atoms in total. The number of nitrogens with zero attached hydrogens (tertiary/aromatic N) is 2. The summed E-state index contributed by atoms with van der Waals surface area (Å²) in [6.07, 6.45) is 27.7. The molecule has 0 aromatic rings. The molecule has 0 aliphatic carbocycles. The fraction of sp³-hybridized carbons (Fsp3) is 1.00. The zero-order valence-electron chi connectivity index (χ0n) is 30.8. The first-order valence-electron chi connectivity index (χ1n) is 19.9. The molecule has 46 heavy (non-hydrogen) atoms. The van der Waals surface area contributed by atoms with Crippen molar-refractivity contribution in [3.8, 4) is 0 Å². The zero-order valence-corrected chi connectivity index (χ0v) is 30.8. The Balaban J connectivity index is 4.42. The Bertz CT molecular complexity index is 553. The van der Waals surface area contributed by atoms with Crippen molar-refractivity contribution in [3.63, 3.8) is 0 Å². The maximum Gasteiger partial charge on any atom is 0.0938 e.